The summed E-state index contributed by atoms with van der Waals surface area (Å²) in [5.41, 5.74) is 3.65. The average Bonchev–Trinajstić information content (AvgIpc) is 2.72. The molecule has 0 fully saturated rings. The third-order valence-corrected chi connectivity index (χ3v) is 3.70. The largest absolute Gasteiger partial charge is 0.490 e. The minimum Gasteiger partial charge on any atom is -0.490 e. The number of nitrogens with zero attached hydrogens (tertiary/aromatic N) is 1. The van der Waals surface area contributed by atoms with Crippen molar-refractivity contribution in [1.82, 2.24) is 10.7 Å². The van der Waals surface area contributed by atoms with Crippen molar-refractivity contribution in [2.45, 2.75) is 26.9 Å². The van der Waals surface area contributed by atoms with Gasteiger partial charge < -0.3 is 14.8 Å². The van der Waals surface area contributed by atoms with Gasteiger partial charge in [0.25, 0.3) is 0 Å². The fraction of sp³-hybridized carbons (Fsp3) is 0.286. The van der Waals surface area contributed by atoms with E-state index in [0.29, 0.717) is 30.2 Å². The number of carbonyl (C=O) groups is 2. The molecule has 0 spiro atoms. The molecule has 0 atom stereocenters. The number of nitrogens with one attached hydrogen (secondary N) is 2. The van der Waals surface area contributed by atoms with Gasteiger partial charge in [-0.25, -0.2) is 9.82 Å². The molecule has 0 aliphatic carbocycles. The number of hydrogen-bond donors (Lipinski definition) is 2. The Morgan fingerprint density at radius 2 is 1.79 bits per heavy atom. The second kappa shape index (κ2) is 11.4. The van der Waals surface area contributed by atoms with Crippen molar-refractivity contribution in [2.24, 2.45) is 5.10 Å². The van der Waals surface area contributed by atoms with E-state index < -0.39 is 11.8 Å². The van der Waals surface area contributed by atoms with E-state index in [1.807, 2.05) is 13.8 Å². The first-order valence-corrected chi connectivity index (χ1v) is 9.28. The van der Waals surface area contributed by atoms with Gasteiger partial charge in [-0.1, -0.05) is 19.1 Å². The second-order valence-electron chi connectivity index (χ2n) is 6.01. The third-order valence-electron chi connectivity index (χ3n) is 3.70. The second-order valence-corrected chi connectivity index (χ2v) is 6.01. The summed E-state index contributed by atoms with van der Waals surface area (Å²) in [5, 5.41) is 6.25. The molecule has 2 rings (SSSR count). The molecule has 2 amide bonds. The molecule has 2 aromatic rings. The lowest BCUT2D eigenvalue weighted by atomic mass is 10.2. The van der Waals surface area contributed by atoms with Crippen molar-refractivity contribution >= 4 is 18.0 Å². The molecule has 0 saturated carbocycles. The Bertz CT molecular complexity index is 854. The molecule has 0 bridgehead atoms. The van der Waals surface area contributed by atoms with Crippen LogP contribution >= 0.6 is 0 Å². The highest BCUT2D eigenvalue weighted by Gasteiger charge is 2.11. The van der Waals surface area contributed by atoms with Crippen molar-refractivity contribution in [1.29, 1.82) is 0 Å². The summed E-state index contributed by atoms with van der Waals surface area (Å²) in [6.45, 7) is 4.85. The summed E-state index contributed by atoms with van der Waals surface area (Å²) in [6, 6.07) is 11.2. The first-order chi connectivity index (χ1) is 14.0. The van der Waals surface area contributed by atoms with Gasteiger partial charge in [0.05, 0.1) is 12.8 Å². The van der Waals surface area contributed by atoms with Crippen molar-refractivity contribution < 1.29 is 23.5 Å². The molecule has 0 aromatic heterocycles. The van der Waals surface area contributed by atoms with Gasteiger partial charge in [-0.05, 0) is 54.8 Å². The molecule has 0 saturated heterocycles. The van der Waals surface area contributed by atoms with Gasteiger partial charge in [0.2, 0.25) is 0 Å². The zero-order chi connectivity index (χ0) is 21.1. The predicted octanol–water partition coefficient (Wildman–Crippen LogP) is 2.78. The molecule has 8 heteroatoms. The summed E-state index contributed by atoms with van der Waals surface area (Å²) in [7, 11) is 0. The third kappa shape index (κ3) is 7.25. The number of halogens is 1. The molecule has 0 radical (unpaired) electrons. The van der Waals surface area contributed by atoms with Crippen molar-refractivity contribution in [3.8, 4) is 11.5 Å². The maximum absolute atomic E-state index is 13.0. The van der Waals surface area contributed by atoms with Crippen molar-refractivity contribution in [3.63, 3.8) is 0 Å². The minimum absolute atomic E-state index is 0.261. The zero-order valence-corrected chi connectivity index (χ0v) is 16.4. The highest BCUT2D eigenvalue weighted by Crippen LogP contribution is 2.28. The number of benzene rings is 2. The highest BCUT2D eigenvalue weighted by atomic mass is 19.1. The number of rotatable bonds is 9. The maximum atomic E-state index is 13.0. The Labute approximate surface area is 168 Å². The number of hydrazone groups is 1. The zero-order valence-electron chi connectivity index (χ0n) is 16.4. The van der Waals surface area contributed by atoms with E-state index >= 15 is 0 Å². The van der Waals surface area contributed by atoms with Crippen LogP contribution in [0.25, 0.3) is 0 Å². The van der Waals surface area contributed by atoms with Crippen LogP contribution in [0.3, 0.4) is 0 Å². The topological polar surface area (TPSA) is 89.0 Å². The van der Waals surface area contributed by atoms with Crippen LogP contribution in [0.4, 0.5) is 4.39 Å². The first kappa shape index (κ1) is 21.9. The van der Waals surface area contributed by atoms with E-state index in [0.717, 1.165) is 12.0 Å². The van der Waals surface area contributed by atoms with Crippen LogP contribution in [0.5, 0.6) is 11.5 Å². The van der Waals surface area contributed by atoms with Gasteiger partial charge in [-0.15, -0.1) is 0 Å². The normalized spacial score (nSPS) is 10.6. The van der Waals surface area contributed by atoms with Gasteiger partial charge in [-0.2, -0.15) is 5.10 Å². The van der Waals surface area contributed by atoms with E-state index in [4.69, 9.17) is 9.47 Å². The fourth-order valence-corrected chi connectivity index (χ4v) is 2.27. The standard InChI is InChI=1S/C21H24FN3O4/c1-3-11-23-20(26)21(27)25-24-13-16-7-10-18(19(12-16)28-4-2)29-14-15-5-8-17(22)9-6-15/h5-10,12-13H,3-4,11,14H2,1-2H3,(H,23,26)(H,25,27)/b24-13-. The Balaban J connectivity index is 1.99. The van der Waals surface area contributed by atoms with Crippen molar-refractivity contribution in [3.05, 3.63) is 59.4 Å². The van der Waals surface area contributed by atoms with Gasteiger partial charge in [0.1, 0.15) is 12.4 Å². The summed E-state index contributed by atoms with van der Waals surface area (Å²) in [5.74, 6) is -0.841. The summed E-state index contributed by atoms with van der Waals surface area (Å²) in [4.78, 5) is 23.1. The van der Waals surface area contributed by atoms with E-state index in [9.17, 15) is 14.0 Å². The first-order valence-electron chi connectivity index (χ1n) is 9.28. The fourth-order valence-electron chi connectivity index (χ4n) is 2.27. The van der Waals surface area contributed by atoms with Crippen LogP contribution in [-0.4, -0.2) is 31.2 Å². The minimum atomic E-state index is -0.834. The van der Waals surface area contributed by atoms with Gasteiger partial charge in [-0.3, -0.25) is 9.59 Å². The number of ether oxygens (including phenoxy) is 2. The number of amides is 2. The van der Waals surface area contributed by atoms with E-state index in [1.165, 1.54) is 18.3 Å². The monoisotopic (exact) mass is 401 g/mol. The van der Waals surface area contributed by atoms with E-state index in [-0.39, 0.29) is 12.4 Å². The Morgan fingerprint density at radius 3 is 2.48 bits per heavy atom. The molecule has 0 aliphatic heterocycles. The SMILES string of the molecule is CCCNC(=O)C(=O)N/N=C\c1ccc(OCc2ccc(F)cc2)c(OCC)c1. The Kier molecular flexibility index (Phi) is 8.62. The molecule has 0 unspecified atom stereocenters. The molecule has 29 heavy (non-hydrogen) atoms. The molecular weight excluding hydrogens is 377 g/mol. The maximum Gasteiger partial charge on any atom is 0.329 e. The van der Waals surface area contributed by atoms with Gasteiger partial charge >= 0.3 is 11.8 Å². The molecule has 2 N–H and O–H groups in total. The number of carbonyl (C=O) groups excluding carboxylic acids is 2. The molecule has 0 heterocycles. The lowest BCUT2D eigenvalue weighted by Gasteiger charge is -2.12. The Hall–Kier alpha value is -3.42. The van der Waals surface area contributed by atoms with Crippen LogP contribution in [-0.2, 0) is 16.2 Å². The average molecular weight is 401 g/mol. The lowest BCUT2D eigenvalue weighted by Crippen LogP contribution is -2.38. The Morgan fingerprint density at radius 1 is 1.03 bits per heavy atom. The summed E-state index contributed by atoms with van der Waals surface area (Å²) in [6.07, 6.45) is 2.13. The molecule has 0 aliphatic rings. The smallest absolute Gasteiger partial charge is 0.329 e. The van der Waals surface area contributed by atoms with Crippen LogP contribution in [0.2, 0.25) is 0 Å². The number of hydrogen-bond acceptors (Lipinski definition) is 5. The van der Waals surface area contributed by atoms with Crippen LogP contribution in [0.15, 0.2) is 47.6 Å². The predicted molar refractivity (Wildman–Crippen MR) is 107 cm³/mol. The highest BCUT2D eigenvalue weighted by molar-refractivity contribution is 6.35. The van der Waals surface area contributed by atoms with E-state index in [1.54, 1.807) is 30.3 Å². The molecule has 7 nitrogen and oxygen atoms in total. The van der Waals surface area contributed by atoms with Crippen LogP contribution in [0.1, 0.15) is 31.4 Å². The summed E-state index contributed by atoms with van der Waals surface area (Å²) >= 11 is 0. The summed E-state index contributed by atoms with van der Waals surface area (Å²) < 4.78 is 24.4. The quantitative estimate of drug-likeness (QED) is 0.384. The van der Waals surface area contributed by atoms with Crippen LogP contribution in [0, 0.1) is 5.82 Å². The van der Waals surface area contributed by atoms with Crippen LogP contribution < -0.4 is 20.2 Å². The van der Waals surface area contributed by atoms with Gasteiger partial charge in [0, 0.05) is 6.54 Å². The van der Waals surface area contributed by atoms with E-state index in [2.05, 4.69) is 15.8 Å². The van der Waals surface area contributed by atoms with Crippen molar-refractivity contribution in [2.75, 3.05) is 13.2 Å². The molecule has 2 aromatic carbocycles. The lowest BCUT2D eigenvalue weighted by molar-refractivity contribution is -0.139. The molecular formula is C21H24FN3O4. The van der Waals surface area contributed by atoms with Gasteiger partial charge in [0.15, 0.2) is 11.5 Å². The molecule has 154 valence electrons.